The van der Waals surface area contributed by atoms with Gasteiger partial charge in [-0.15, -0.1) is 0 Å². The molecule has 0 atom stereocenters. The second-order valence-corrected chi connectivity index (χ2v) is 5.25. The van der Waals surface area contributed by atoms with E-state index in [0.717, 1.165) is 5.52 Å². The van der Waals surface area contributed by atoms with Crippen molar-refractivity contribution in [1.82, 2.24) is 4.57 Å². The van der Waals surface area contributed by atoms with Crippen LogP contribution in [0.2, 0.25) is 10.0 Å². The molecule has 0 fully saturated rings. The van der Waals surface area contributed by atoms with E-state index in [1.165, 1.54) is 4.57 Å². The van der Waals surface area contributed by atoms with E-state index in [4.69, 9.17) is 32.4 Å². The summed E-state index contributed by atoms with van der Waals surface area (Å²) in [6.45, 7) is 0.666. The summed E-state index contributed by atoms with van der Waals surface area (Å²) >= 11 is 11.8. The fourth-order valence-electron chi connectivity index (χ4n) is 2.06. The maximum atomic E-state index is 11.8. The molecule has 3 rings (SSSR count). The molecule has 0 saturated heterocycles. The molecule has 2 aromatic carbocycles. The molecule has 3 aromatic rings. The van der Waals surface area contributed by atoms with E-state index < -0.39 is 5.76 Å². The molecule has 4 nitrogen and oxygen atoms in total. The highest BCUT2D eigenvalue weighted by atomic mass is 35.5. The van der Waals surface area contributed by atoms with Gasteiger partial charge in [-0.2, -0.15) is 0 Å². The van der Waals surface area contributed by atoms with Crippen LogP contribution in [0.25, 0.3) is 11.1 Å². The molecular formula is C15H11Cl2NO3. The molecule has 0 N–H and O–H groups in total. The van der Waals surface area contributed by atoms with Gasteiger partial charge in [-0.05, 0) is 30.3 Å². The van der Waals surface area contributed by atoms with Crippen LogP contribution < -0.4 is 10.5 Å². The van der Waals surface area contributed by atoms with Crippen molar-refractivity contribution in [3.05, 3.63) is 63.1 Å². The third kappa shape index (κ3) is 2.91. The number of aromatic nitrogens is 1. The molecule has 0 amide bonds. The van der Waals surface area contributed by atoms with Gasteiger partial charge in [0.15, 0.2) is 5.58 Å². The summed E-state index contributed by atoms with van der Waals surface area (Å²) in [5, 5.41) is 0.983. The number of fused-ring (bicyclic) bond motifs is 1. The van der Waals surface area contributed by atoms with Crippen LogP contribution in [0.5, 0.6) is 5.75 Å². The second-order valence-electron chi connectivity index (χ2n) is 4.41. The highest BCUT2D eigenvalue weighted by Gasteiger charge is 2.09. The lowest BCUT2D eigenvalue weighted by Crippen LogP contribution is -2.18. The first-order chi connectivity index (χ1) is 10.1. The minimum atomic E-state index is -0.401. The number of hydrogen-bond donors (Lipinski definition) is 0. The summed E-state index contributed by atoms with van der Waals surface area (Å²) in [5.74, 6) is 0.129. The average Bonchev–Trinajstić information content (AvgIpc) is 2.77. The van der Waals surface area contributed by atoms with Crippen LogP contribution in [-0.4, -0.2) is 11.2 Å². The lowest BCUT2D eigenvalue weighted by Gasteiger charge is -2.08. The molecule has 0 radical (unpaired) electrons. The molecule has 0 saturated carbocycles. The number of nitrogens with zero attached hydrogens (tertiary/aromatic N) is 1. The van der Waals surface area contributed by atoms with Gasteiger partial charge >= 0.3 is 5.76 Å². The van der Waals surface area contributed by atoms with E-state index in [9.17, 15) is 4.79 Å². The molecule has 108 valence electrons. The summed E-state index contributed by atoms with van der Waals surface area (Å²) in [6, 6.07) is 12.3. The quantitative estimate of drug-likeness (QED) is 0.729. The monoisotopic (exact) mass is 323 g/mol. The van der Waals surface area contributed by atoms with Crippen molar-refractivity contribution in [2.24, 2.45) is 0 Å². The maximum absolute atomic E-state index is 11.8. The van der Waals surface area contributed by atoms with Crippen molar-refractivity contribution in [3.63, 3.8) is 0 Å². The zero-order valence-corrected chi connectivity index (χ0v) is 12.4. The van der Waals surface area contributed by atoms with E-state index in [2.05, 4.69) is 0 Å². The lowest BCUT2D eigenvalue weighted by atomic mass is 10.3. The number of rotatable bonds is 4. The fourth-order valence-corrected chi connectivity index (χ4v) is 2.53. The third-order valence-electron chi connectivity index (χ3n) is 3.04. The summed E-state index contributed by atoms with van der Waals surface area (Å²) in [6.07, 6.45) is 0. The summed E-state index contributed by atoms with van der Waals surface area (Å²) in [7, 11) is 0. The van der Waals surface area contributed by atoms with Gasteiger partial charge in [0.2, 0.25) is 0 Å². The van der Waals surface area contributed by atoms with E-state index in [1.54, 1.807) is 24.3 Å². The van der Waals surface area contributed by atoms with E-state index in [-0.39, 0.29) is 0 Å². The van der Waals surface area contributed by atoms with Crippen LogP contribution in [0, 0.1) is 0 Å². The van der Waals surface area contributed by atoms with Crippen LogP contribution in [0.15, 0.2) is 51.7 Å². The highest BCUT2D eigenvalue weighted by Crippen LogP contribution is 2.27. The molecule has 0 spiro atoms. The first-order valence-corrected chi connectivity index (χ1v) is 7.07. The summed E-state index contributed by atoms with van der Waals surface area (Å²) in [5.41, 5.74) is 1.31. The van der Waals surface area contributed by atoms with Gasteiger partial charge in [-0.1, -0.05) is 35.3 Å². The molecule has 6 heteroatoms. The third-order valence-corrected chi connectivity index (χ3v) is 3.57. The molecular weight excluding hydrogens is 313 g/mol. The van der Waals surface area contributed by atoms with Crippen molar-refractivity contribution < 1.29 is 9.15 Å². The Kier molecular flexibility index (Phi) is 3.90. The number of ether oxygens (including phenoxy) is 1. The van der Waals surface area contributed by atoms with Crippen LogP contribution in [0.1, 0.15) is 0 Å². The first-order valence-electron chi connectivity index (χ1n) is 6.31. The van der Waals surface area contributed by atoms with Crippen LogP contribution in [0.4, 0.5) is 0 Å². The minimum Gasteiger partial charge on any atom is -0.490 e. The average molecular weight is 324 g/mol. The number of oxazole rings is 1. The maximum Gasteiger partial charge on any atom is 0.420 e. The first kappa shape index (κ1) is 14.0. The Morgan fingerprint density at radius 2 is 1.95 bits per heavy atom. The Morgan fingerprint density at radius 1 is 1.14 bits per heavy atom. The molecule has 0 aliphatic rings. The normalized spacial score (nSPS) is 11.0. The van der Waals surface area contributed by atoms with Crippen molar-refractivity contribution in [2.75, 3.05) is 6.61 Å². The van der Waals surface area contributed by atoms with Gasteiger partial charge in [0.25, 0.3) is 0 Å². The Bertz CT molecular complexity index is 838. The minimum absolute atomic E-state index is 0.296. The largest absolute Gasteiger partial charge is 0.490 e. The van der Waals surface area contributed by atoms with Crippen LogP contribution in [-0.2, 0) is 6.54 Å². The van der Waals surface area contributed by atoms with Gasteiger partial charge in [-0.25, -0.2) is 4.79 Å². The zero-order valence-electron chi connectivity index (χ0n) is 10.9. The predicted molar refractivity (Wildman–Crippen MR) is 82.4 cm³/mol. The highest BCUT2D eigenvalue weighted by molar-refractivity contribution is 6.35. The van der Waals surface area contributed by atoms with Crippen LogP contribution in [0.3, 0.4) is 0 Å². The topological polar surface area (TPSA) is 44.4 Å². The number of benzene rings is 2. The molecule has 21 heavy (non-hydrogen) atoms. The Balaban J connectivity index is 1.75. The smallest absolute Gasteiger partial charge is 0.420 e. The molecule has 1 aromatic heterocycles. The van der Waals surface area contributed by atoms with Gasteiger partial charge in [0.1, 0.15) is 12.4 Å². The number of hydrogen-bond acceptors (Lipinski definition) is 3. The Labute approximate surface area is 130 Å². The molecule has 0 aliphatic heterocycles. The van der Waals surface area contributed by atoms with Crippen molar-refractivity contribution >= 4 is 34.3 Å². The lowest BCUT2D eigenvalue weighted by molar-refractivity contribution is 0.294. The molecule has 0 unspecified atom stereocenters. The van der Waals surface area contributed by atoms with Crippen molar-refractivity contribution in [3.8, 4) is 5.75 Å². The molecule has 1 heterocycles. The van der Waals surface area contributed by atoms with Crippen molar-refractivity contribution in [1.29, 1.82) is 0 Å². The SMILES string of the molecule is O=c1oc2ccccc2n1CCOc1ccc(Cl)cc1Cl. The predicted octanol–water partition coefficient (Wildman–Crippen LogP) is 3.98. The number of halogens is 2. The second kappa shape index (κ2) is 5.84. The van der Waals surface area contributed by atoms with Gasteiger partial charge in [0.05, 0.1) is 17.1 Å². The zero-order chi connectivity index (χ0) is 14.8. The van der Waals surface area contributed by atoms with E-state index in [0.29, 0.717) is 34.5 Å². The van der Waals surface area contributed by atoms with Gasteiger partial charge < -0.3 is 9.15 Å². The summed E-state index contributed by atoms with van der Waals surface area (Å²) < 4.78 is 12.3. The fraction of sp³-hybridized carbons (Fsp3) is 0.133. The standard InChI is InChI=1S/C15H11Cl2NO3/c16-10-5-6-13(11(17)9-10)20-8-7-18-12-3-1-2-4-14(12)21-15(18)19/h1-6,9H,7-8H2. The Hall–Kier alpha value is -1.91. The summed E-state index contributed by atoms with van der Waals surface area (Å²) in [4.78, 5) is 11.8. The van der Waals surface area contributed by atoms with Gasteiger partial charge in [0, 0.05) is 5.02 Å². The molecule has 0 bridgehead atoms. The van der Waals surface area contributed by atoms with E-state index in [1.807, 2.05) is 18.2 Å². The number of para-hydroxylation sites is 2. The van der Waals surface area contributed by atoms with Gasteiger partial charge in [-0.3, -0.25) is 4.57 Å². The van der Waals surface area contributed by atoms with E-state index >= 15 is 0 Å². The van der Waals surface area contributed by atoms with Crippen molar-refractivity contribution in [2.45, 2.75) is 6.54 Å². The Morgan fingerprint density at radius 3 is 2.76 bits per heavy atom. The molecule has 0 aliphatic carbocycles. The van der Waals surface area contributed by atoms with Crippen LogP contribution >= 0.6 is 23.2 Å².